The van der Waals surface area contributed by atoms with Crippen molar-refractivity contribution in [2.75, 3.05) is 52.5 Å². The zero-order valence-corrected chi connectivity index (χ0v) is 12.0. The van der Waals surface area contributed by atoms with Crippen LogP contribution >= 0.6 is 0 Å². The third kappa shape index (κ3) is 1.60. The Hall–Kier alpha value is -0.240. The van der Waals surface area contributed by atoms with E-state index in [-0.39, 0.29) is 12.5 Å². The predicted octanol–water partition coefficient (Wildman–Crippen LogP) is -0.620. The summed E-state index contributed by atoms with van der Waals surface area (Å²) < 4.78 is 12.4. The van der Waals surface area contributed by atoms with Gasteiger partial charge in [0.1, 0.15) is 24.8 Å². The summed E-state index contributed by atoms with van der Waals surface area (Å²) in [5.74, 6) is 0. The molecule has 5 rings (SSSR count). The van der Waals surface area contributed by atoms with Crippen molar-refractivity contribution in [3.05, 3.63) is 0 Å². The monoisotopic (exact) mass is 280 g/mol. The molecule has 0 bridgehead atoms. The topological polar surface area (TPSA) is 31.4 Å². The van der Waals surface area contributed by atoms with E-state index >= 15 is 0 Å². The molecule has 6 heteroatoms. The highest BCUT2D eigenvalue weighted by Gasteiger charge is 2.56. The van der Waals surface area contributed by atoms with Crippen LogP contribution in [0.25, 0.3) is 0 Å². The molecule has 112 valence electrons. The van der Waals surface area contributed by atoms with Crippen molar-refractivity contribution in [3.63, 3.8) is 0 Å². The van der Waals surface area contributed by atoms with Crippen molar-refractivity contribution in [3.8, 4) is 0 Å². The maximum Gasteiger partial charge on any atom is 0.141 e. The van der Waals surface area contributed by atoms with Crippen molar-refractivity contribution in [1.29, 1.82) is 0 Å². The van der Waals surface area contributed by atoms with Crippen molar-refractivity contribution < 1.29 is 9.47 Å². The fourth-order valence-corrected chi connectivity index (χ4v) is 4.88. The lowest BCUT2D eigenvalue weighted by molar-refractivity contribution is -0.332. The Bertz CT molecular complexity index is 327. The van der Waals surface area contributed by atoms with E-state index in [1.165, 1.54) is 25.9 Å². The fourth-order valence-electron chi connectivity index (χ4n) is 4.88. The molecule has 0 aromatic carbocycles. The third-order valence-electron chi connectivity index (χ3n) is 5.65. The van der Waals surface area contributed by atoms with E-state index < -0.39 is 0 Å². The molecule has 5 fully saturated rings. The summed E-state index contributed by atoms with van der Waals surface area (Å²) in [6.45, 7) is 8.66. The van der Waals surface area contributed by atoms with Gasteiger partial charge < -0.3 is 9.47 Å². The average molecular weight is 280 g/mol. The van der Waals surface area contributed by atoms with Gasteiger partial charge >= 0.3 is 0 Å². The van der Waals surface area contributed by atoms with E-state index in [2.05, 4.69) is 19.6 Å². The van der Waals surface area contributed by atoms with Crippen LogP contribution in [0.1, 0.15) is 12.8 Å². The first-order valence-corrected chi connectivity index (χ1v) is 8.16. The maximum atomic E-state index is 6.21. The molecule has 5 heterocycles. The molecule has 0 aliphatic carbocycles. The van der Waals surface area contributed by atoms with Gasteiger partial charge in [-0.15, -0.1) is 0 Å². The second-order valence-electron chi connectivity index (χ2n) is 6.60. The number of piperazine rings is 1. The van der Waals surface area contributed by atoms with Crippen LogP contribution in [0.4, 0.5) is 0 Å². The Balaban J connectivity index is 1.55. The zero-order valence-electron chi connectivity index (χ0n) is 12.0. The van der Waals surface area contributed by atoms with Crippen LogP contribution in [0, 0.1) is 0 Å². The van der Waals surface area contributed by atoms with Crippen LogP contribution in [0.2, 0.25) is 0 Å². The molecule has 6 nitrogen and oxygen atoms in total. The SMILES string of the molecule is C1CN2CCO[C@H]3[C@H]2N(C1)[C@@H]1OCCN2CCCN3[C@@H]12. The van der Waals surface area contributed by atoms with Gasteiger partial charge in [0.15, 0.2) is 0 Å². The summed E-state index contributed by atoms with van der Waals surface area (Å²) >= 11 is 0. The second kappa shape index (κ2) is 4.63. The lowest BCUT2D eigenvalue weighted by Gasteiger charge is -2.65. The van der Waals surface area contributed by atoms with Gasteiger partial charge in [0.05, 0.1) is 13.2 Å². The first kappa shape index (κ1) is 12.3. The molecule has 0 amide bonds. The molecule has 0 spiro atoms. The van der Waals surface area contributed by atoms with Gasteiger partial charge in [0.2, 0.25) is 0 Å². The Morgan fingerprint density at radius 1 is 0.600 bits per heavy atom. The van der Waals surface area contributed by atoms with Crippen LogP contribution in [-0.4, -0.2) is 96.9 Å². The molecule has 5 aliphatic heterocycles. The summed E-state index contributed by atoms with van der Waals surface area (Å²) in [4.78, 5) is 10.4. The summed E-state index contributed by atoms with van der Waals surface area (Å²) in [7, 11) is 0. The average Bonchev–Trinajstić information content (AvgIpc) is 2.52. The third-order valence-corrected chi connectivity index (χ3v) is 5.65. The highest BCUT2D eigenvalue weighted by Crippen LogP contribution is 2.38. The number of morpholine rings is 2. The Kier molecular flexibility index (Phi) is 2.85. The number of hydrogen-bond acceptors (Lipinski definition) is 6. The molecule has 5 saturated heterocycles. The van der Waals surface area contributed by atoms with Gasteiger partial charge in [-0.25, -0.2) is 0 Å². The van der Waals surface area contributed by atoms with Crippen LogP contribution < -0.4 is 0 Å². The van der Waals surface area contributed by atoms with Gasteiger partial charge in [-0.1, -0.05) is 0 Å². The number of fused-ring (bicyclic) bond motifs is 2. The number of rotatable bonds is 0. The maximum absolute atomic E-state index is 6.21. The molecule has 0 aromatic heterocycles. The summed E-state index contributed by atoms with van der Waals surface area (Å²) in [5, 5.41) is 0. The molecular weight excluding hydrogens is 256 g/mol. The first-order valence-electron chi connectivity index (χ1n) is 8.16. The summed E-state index contributed by atoms with van der Waals surface area (Å²) in [6.07, 6.45) is 3.84. The number of hydrogen-bond donors (Lipinski definition) is 0. The van der Waals surface area contributed by atoms with Gasteiger partial charge in [0.25, 0.3) is 0 Å². The van der Waals surface area contributed by atoms with Gasteiger partial charge in [-0.05, 0) is 12.8 Å². The van der Waals surface area contributed by atoms with Crippen LogP contribution in [0.15, 0.2) is 0 Å². The Morgan fingerprint density at radius 2 is 1.10 bits per heavy atom. The first-order chi connectivity index (χ1) is 9.93. The second-order valence-corrected chi connectivity index (χ2v) is 6.60. The van der Waals surface area contributed by atoms with Gasteiger partial charge in [-0.2, -0.15) is 0 Å². The van der Waals surface area contributed by atoms with E-state index in [0.717, 1.165) is 39.4 Å². The van der Waals surface area contributed by atoms with Crippen LogP contribution in [0.5, 0.6) is 0 Å². The summed E-state index contributed by atoms with van der Waals surface area (Å²) in [5.41, 5.74) is 0. The largest absolute Gasteiger partial charge is 0.359 e. The lowest BCUT2D eigenvalue weighted by Crippen LogP contribution is -2.81. The van der Waals surface area contributed by atoms with Crippen molar-refractivity contribution in [2.24, 2.45) is 0 Å². The molecule has 0 radical (unpaired) electrons. The fraction of sp³-hybridized carbons (Fsp3) is 1.00. The lowest BCUT2D eigenvalue weighted by atomic mass is 10.0. The van der Waals surface area contributed by atoms with Crippen molar-refractivity contribution in [2.45, 2.75) is 37.6 Å². The smallest absolute Gasteiger partial charge is 0.141 e. The molecule has 0 saturated carbocycles. The highest BCUT2D eigenvalue weighted by molar-refractivity contribution is 5.01. The minimum Gasteiger partial charge on any atom is -0.359 e. The number of ether oxygens (including phenoxy) is 2. The number of nitrogens with zero attached hydrogens (tertiary/aromatic N) is 4. The molecule has 0 unspecified atom stereocenters. The molecule has 4 atom stereocenters. The quantitative estimate of drug-likeness (QED) is 0.588. The van der Waals surface area contributed by atoms with Gasteiger partial charge in [0, 0.05) is 39.3 Å². The van der Waals surface area contributed by atoms with Crippen molar-refractivity contribution in [1.82, 2.24) is 19.6 Å². The Morgan fingerprint density at radius 3 is 1.60 bits per heavy atom. The van der Waals surface area contributed by atoms with E-state index in [1.807, 2.05) is 0 Å². The minimum atomic E-state index is 0.245. The zero-order chi connectivity index (χ0) is 13.1. The Labute approximate surface area is 120 Å². The van der Waals surface area contributed by atoms with E-state index in [9.17, 15) is 0 Å². The predicted molar refractivity (Wildman–Crippen MR) is 72.8 cm³/mol. The molecule has 0 N–H and O–H groups in total. The highest BCUT2D eigenvalue weighted by atomic mass is 16.5. The van der Waals surface area contributed by atoms with Crippen LogP contribution in [-0.2, 0) is 9.47 Å². The van der Waals surface area contributed by atoms with E-state index in [4.69, 9.17) is 9.47 Å². The van der Waals surface area contributed by atoms with Crippen LogP contribution in [0.3, 0.4) is 0 Å². The standard InChI is InChI=1S/C14H24N4O2/c1-3-15-7-9-20-14-11(15)17(5-1)13-12-16(8-10-19-13)4-2-6-18(12)14/h11-14H,1-10H2/t11-,12+,13-,14+. The molecular formula is C14H24N4O2. The summed E-state index contributed by atoms with van der Waals surface area (Å²) in [6, 6.07) is 0. The normalized spacial score (nSPS) is 46.8. The minimum absolute atomic E-state index is 0.245. The molecule has 0 aromatic rings. The van der Waals surface area contributed by atoms with Gasteiger partial charge in [-0.3, -0.25) is 19.6 Å². The van der Waals surface area contributed by atoms with Crippen molar-refractivity contribution >= 4 is 0 Å². The van der Waals surface area contributed by atoms with E-state index in [1.54, 1.807) is 0 Å². The van der Waals surface area contributed by atoms with E-state index in [0.29, 0.717) is 12.3 Å². The molecule has 20 heavy (non-hydrogen) atoms. The molecule has 5 aliphatic rings.